The molecular formula is C20H13Br2OS+. The number of benzene rings is 3. The third kappa shape index (κ3) is 2.63. The van der Waals surface area contributed by atoms with E-state index in [-0.39, 0.29) is 15.9 Å². The van der Waals surface area contributed by atoms with Gasteiger partial charge in [-0.15, -0.1) is 0 Å². The Morgan fingerprint density at radius 2 is 1.25 bits per heavy atom. The zero-order valence-corrected chi connectivity index (χ0v) is 16.8. The molecule has 0 unspecified atom stereocenters. The molecule has 1 heterocycles. The van der Waals surface area contributed by atoms with Crippen LogP contribution >= 0.6 is 42.3 Å². The lowest BCUT2D eigenvalue weighted by atomic mass is 10.2. The van der Waals surface area contributed by atoms with Crippen molar-refractivity contribution in [1.82, 2.24) is 0 Å². The first-order chi connectivity index (χ1) is 11.5. The van der Waals surface area contributed by atoms with E-state index in [1.165, 1.54) is 10.5 Å². The molecule has 0 atom stereocenters. The highest BCUT2D eigenvalue weighted by Crippen LogP contribution is 2.44. The van der Waals surface area contributed by atoms with Gasteiger partial charge in [-0.2, -0.15) is 0 Å². The molecule has 0 fully saturated rings. The summed E-state index contributed by atoms with van der Waals surface area (Å²) >= 11 is 7.00. The van der Waals surface area contributed by atoms with E-state index < -0.39 is 0 Å². The van der Waals surface area contributed by atoms with Gasteiger partial charge in [0.1, 0.15) is 0 Å². The Morgan fingerprint density at radius 3 is 1.75 bits per heavy atom. The predicted octanol–water partition coefficient (Wildman–Crippen LogP) is 6.92. The lowest BCUT2D eigenvalue weighted by Crippen LogP contribution is -2.02. The second-order valence-corrected chi connectivity index (χ2v) is 9.52. The Labute approximate surface area is 159 Å². The van der Waals surface area contributed by atoms with Crippen LogP contribution in [0.5, 0.6) is 0 Å². The van der Waals surface area contributed by atoms with Gasteiger partial charge < -0.3 is 0 Å². The van der Waals surface area contributed by atoms with Crippen molar-refractivity contribution in [3.05, 3.63) is 85.4 Å². The quantitative estimate of drug-likeness (QED) is 0.222. The van der Waals surface area contributed by atoms with Gasteiger partial charge in [0.25, 0.3) is 0 Å². The topological polar surface area (TPSA) is 17.1 Å². The zero-order valence-electron chi connectivity index (χ0n) is 12.8. The van der Waals surface area contributed by atoms with Gasteiger partial charge in [0.15, 0.2) is 14.3 Å². The largest absolute Gasteiger partial charge is 0.288 e. The zero-order chi connectivity index (χ0) is 16.8. The molecule has 0 amide bonds. The lowest BCUT2D eigenvalue weighted by molar-refractivity contribution is 1.49. The molecule has 1 nitrogen and oxygen atoms in total. The first-order valence-corrected chi connectivity index (χ1v) is 10.3. The van der Waals surface area contributed by atoms with E-state index in [1.54, 1.807) is 0 Å². The number of aryl methyl sites for hydroxylation is 1. The standard InChI is InChI=1S/C20H13Br2OS/c1-12-2-6-15(7-3-12)24-18-8-4-13(21)10-16(18)20(23)17-11-14(22)5-9-19(17)24/h2-11H,1H3/q+1. The van der Waals surface area contributed by atoms with E-state index in [2.05, 4.69) is 75.2 Å². The summed E-state index contributed by atoms with van der Waals surface area (Å²) in [7, 11) is -0.266. The third-order valence-electron chi connectivity index (χ3n) is 4.07. The second-order valence-electron chi connectivity index (χ2n) is 5.73. The molecule has 0 aliphatic rings. The van der Waals surface area contributed by atoms with Crippen molar-refractivity contribution in [2.45, 2.75) is 6.92 Å². The summed E-state index contributed by atoms with van der Waals surface area (Å²) in [4.78, 5) is 14.2. The minimum absolute atomic E-state index is 0.0958. The summed E-state index contributed by atoms with van der Waals surface area (Å²) in [5.74, 6) is 0. The monoisotopic (exact) mass is 459 g/mol. The minimum Gasteiger partial charge on any atom is -0.288 e. The van der Waals surface area contributed by atoms with E-state index in [1.807, 2.05) is 24.3 Å². The van der Waals surface area contributed by atoms with Gasteiger partial charge in [0.05, 0.1) is 10.8 Å². The van der Waals surface area contributed by atoms with Gasteiger partial charge in [-0.05, 0) is 43.3 Å². The van der Waals surface area contributed by atoms with Crippen molar-refractivity contribution in [3.63, 3.8) is 0 Å². The Balaban J connectivity index is 2.25. The number of fused-ring (bicyclic) bond motifs is 2. The Morgan fingerprint density at radius 1 is 0.750 bits per heavy atom. The molecule has 0 radical (unpaired) electrons. The van der Waals surface area contributed by atoms with Gasteiger partial charge >= 0.3 is 0 Å². The average molecular weight is 461 g/mol. The Kier molecular flexibility index (Phi) is 4.07. The lowest BCUT2D eigenvalue weighted by Gasteiger charge is -2.04. The maximum atomic E-state index is 13.0. The number of hydrogen-bond acceptors (Lipinski definition) is 1. The van der Waals surface area contributed by atoms with Crippen LogP contribution in [0.15, 0.2) is 74.4 Å². The summed E-state index contributed by atoms with van der Waals surface area (Å²) < 4.78 is 4.06. The van der Waals surface area contributed by atoms with Gasteiger partial charge in [0.2, 0.25) is 5.43 Å². The van der Waals surface area contributed by atoms with E-state index in [9.17, 15) is 4.79 Å². The van der Waals surface area contributed by atoms with Crippen LogP contribution in [0, 0.1) is 6.92 Å². The molecule has 3 aromatic carbocycles. The molecule has 24 heavy (non-hydrogen) atoms. The summed E-state index contributed by atoms with van der Waals surface area (Å²) in [6.07, 6.45) is 0. The maximum Gasteiger partial charge on any atom is 0.204 e. The summed E-state index contributed by atoms with van der Waals surface area (Å²) in [6.45, 7) is 2.09. The van der Waals surface area contributed by atoms with Crippen molar-refractivity contribution in [2.24, 2.45) is 0 Å². The fourth-order valence-corrected chi connectivity index (χ4v) is 5.93. The summed E-state index contributed by atoms with van der Waals surface area (Å²) in [5, 5.41) is 1.58. The van der Waals surface area contributed by atoms with Crippen LogP contribution in [0.25, 0.3) is 25.1 Å². The maximum absolute atomic E-state index is 13.0. The Hall–Kier alpha value is -1.49. The molecule has 1 aromatic heterocycles. The van der Waals surface area contributed by atoms with Crippen LogP contribution in [-0.4, -0.2) is 0 Å². The van der Waals surface area contributed by atoms with Crippen molar-refractivity contribution in [2.75, 3.05) is 0 Å². The predicted molar refractivity (Wildman–Crippen MR) is 112 cm³/mol. The van der Waals surface area contributed by atoms with Crippen LogP contribution < -0.4 is 5.43 Å². The van der Waals surface area contributed by atoms with Crippen LogP contribution in [-0.2, 0) is 0 Å². The number of rotatable bonds is 1. The average Bonchev–Trinajstić information content (AvgIpc) is 2.57. The molecule has 0 aliphatic carbocycles. The molecule has 0 N–H and O–H groups in total. The molecule has 4 rings (SSSR count). The van der Waals surface area contributed by atoms with Gasteiger partial charge in [-0.3, -0.25) is 4.79 Å². The number of hydrogen-bond donors (Lipinski definition) is 0. The molecule has 0 saturated carbocycles. The highest BCUT2D eigenvalue weighted by molar-refractivity contribution is 9.10. The number of halogens is 2. The van der Waals surface area contributed by atoms with E-state index >= 15 is 0 Å². The van der Waals surface area contributed by atoms with E-state index in [4.69, 9.17) is 0 Å². The van der Waals surface area contributed by atoms with Gasteiger partial charge in [-0.25, -0.2) is 0 Å². The molecule has 4 aromatic rings. The molecule has 0 bridgehead atoms. The molecule has 4 heteroatoms. The minimum atomic E-state index is -0.266. The van der Waals surface area contributed by atoms with Crippen molar-refractivity contribution in [3.8, 4) is 4.90 Å². The first kappa shape index (κ1) is 16.0. The smallest absolute Gasteiger partial charge is 0.204 e. The Bertz CT molecular complexity index is 1080. The van der Waals surface area contributed by atoms with Crippen LogP contribution in [0.2, 0.25) is 0 Å². The first-order valence-electron chi connectivity index (χ1n) is 7.49. The summed E-state index contributed by atoms with van der Waals surface area (Å²) in [5.41, 5.74) is 1.33. The van der Waals surface area contributed by atoms with Gasteiger partial charge in [0, 0.05) is 31.5 Å². The van der Waals surface area contributed by atoms with Crippen molar-refractivity contribution in [1.29, 1.82) is 0 Å². The molecule has 0 saturated heterocycles. The highest BCUT2D eigenvalue weighted by atomic mass is 79.9. The van der Waals surface area contributed by atoms with Crippen LogP contribution in [0.1, 0.15) is 5.56 Å². The van der Waals surface area contributed by atoms with Crippen molar-refractivity contribution >= 4 is 62.5 Å². The van der Waals surface area contributed by atoms with E-state index in [0.717, 1.165) is 29.1 Å². The van der Waals surface area contributed by atoms with E-state index in [0.29, 0.717) is 0 Å². The fourth-order valence-electron chi connectivity index (χ4n) is 2.91. The van der Waals surface area contributed by atoms with Crippen LogP contribution in [0.4, 0.5) is 0 Å². The third-order valence-corrected chi connectivity index (χ3v) is 7.39. The van der Waals surface area contributed by atoms with Crippen LogP contribution in [0.3, 0.4) is 0 Å². The SMILES string of the molecule is Cc1ccc(-[s+]2c3ccc(Br)cc3c(=O)c3cc(Br)ccc32)cc1. The molecule has 118 valence electrons. The molecule has 0 spiro atoms. The normalized spacial score (nSPS) is 11.3. The molecule has 0 aliphatic heterocycles. The highest BCUT2D eigenvalue weighted by Gasteiger charge is 2.23. The summed E-state index contributed by atoms with van der Waals surface area (Å²) in [6, 6.07) is 20.7. The van der Waals surface area contributed by atoms with Crippen molar-refractivity contribution < 1.29 is 0 Å². The second kappa shape index (κ2) is 6.10. The molecular weight excluding hydrogens is 448 g/mol. The fraction of sp³-hybridized carbons (Fsp3) is 0.0500. The van der Waals surface area contributed by atoms with Gasteiger partial charge in [-0.1, -0.05) is 49.6 Å².